The lowest BCUT2D eigenvalue weighted by molar-refractivity contribution is -0.139. The van der Waals surface area contributed by atoms with Crippen molar-refractivity contribution >= 4 is 11.8 Å². The fourth-order valence-corrected chi connectivity index (χ4v) is 2.61. The van der Waals surface area contributed by atoms with Crippen LogP contribution in [0.2, 0.25) is 0 Å². The lowest BCUT2D eigenvalue weighted by Crippen LogP contribution is -2.51. The fourth-order valence-electron chi connectivity index (χ4n) is 2.61. The van der Waals surface area contributed by atoms with E-state index in [0.717, 1.165) is 25.2 Å². The van der Waals surface area contributed by atoms with Gasteiger partial charge in [-0.1, -0.05) is 6.92 Å². The molecule has 0 spiro atoms. The Morgan fingerprint density at radius 1 is 1.50 bits per heavy atom. The second-order valence-corrected chi connectivity index (χ2v) is 5.83. The number of hydrogen-bond acceptors (Lipinski definition) is 6. The van der Waals surface area contributed by atoms with Crippen LogP contribution in [0, 0.1) is 0 Å². The topological polar surface area (TPSA) is 87.6 Å². The molecule has 1 aromatic rings. The van der Waals surface area contributed by atoms with Crippen LogP contribution in [0.1, 0.15) is 33.6 Å². The molecule has 0 unspecified atom stereocenters. The summed E-state index contributed by atoms with van der Waals surface area (Å²) in [5, 5.41) is 12.2. The quantitative estimate of drug-likeness (QED) is 0.754. The van der Waals surface area contributed by atoms with E-state index in [9.17, 15) is 4.79 Å². The zero-order valence-corrected chi connectivity index (χ0v) is 13.3. The van der Waals surface area contributed by atoms with E-state index in [1.807, 2.05) is 25.7 Å². The van der Waals surface area contributed by atoms with Crippen LogP contribution in [-0.2, 0) is 4.79 Å². The molecule has 7 heteroatoms. The van der Waals surface area contributed by atoms with E-state index >= 15 is 0 Å². The monoisotopic (exact) mass is 308 g/mol. The molecule has 1 aliphatic carbocycles. The number of carboxylic acid groups (broad SMARTS) is 1. The van der Waals surface area contributed by atoms with Crippen molar-refractivity contribution in [2.75, 3.05) is 18.4 Å². The number of nitrogens with one attached hydrogen (secondary N) is 1. The van der Waals surface area contributed by atoms with Crippen LogP contribution in [0.25, 0.3) is 0 Å². The van der Waals surface area contributed by atoms with Crippen molar-refractivity contribution in [3.8, 4) is 5.88 Å². The molecule has 1 saturated carbocycles. The first-order chi connectivity index (χ1) is 10.5. The molecular formula is C15H24N4O3. The van der Waals surface area contributed by atoms with E-state index in [2.05, 4.69) is 15.3 Å². The molecule has 2 rings (SSSR count). The Morgan fingerprint density at radius 2 is 2.23 bits per heavy atom. The highest BCUT2D eigenvalue weighted by atomic mass is 16.5. The van der Waals surface area contributed by atoms with Crippen molar-refractivity contribution in [2.24, 2.45) is 0 Å². The van der Waals surface area contributed by atoms with Crippen molar-refractivity contribution in [2.45, 2.75) is 51.8 Å². The minimum atomic E-state index is -0.774. The molecule has 0 saturated heterocycles. The number of ether oxygens (including phenoxy) is 1. The van der Waals surface area contributed by atoms with E-state index in [-0.39, 0.29) is 12.6 Å². The van der Waals surface area contributed by atoms with Gasteiger partial charge in [0, 0.05) is 18.2 Å². The molecule has 0 aliphatic heterocycles. The summed E-state index contributed by atoms with van der Waals surface area (Å²) >= 11 is 0. The van der Waals surface area contributed by atoms with Gasteiger partial charge in [0.25, 0.3) is 0 Å². The SMILES string of the molecule is CCN(CC(=O)O)C1CC(Nc2cc(OC(C)C)ncn2)C1. The van der Waals surface area contributed by atoms with E-state index in [1.54, 1.807) is 6.07 Å². The number of rotatable bonds is 8. The van der Waals surface area contributed by atoms with E-state index in [0.29, 0.717) is 18.0 Å². The largest absolute Gasteiger partial charge is 0.480 e. The molecule has 2 N–H and O–H groups in total. The summed E-state index contributed by atoms with van der Waals surface area (Å²) in [6, 6.07) is 2.43. The van der Waals surface area contributed by atoms with Crippen LogP contribution in [0.15, 0.2) is 12.4 Å². The van der Waals surface area contributed by atoms with Crippen LogP contribution in [0.5, 0.6) is 5.88 Å². The molecule has 1 heterocycles. The van der Waals surface area contributed by atoms with Crippen LogP contribution < -0.4 is 10.1 Å². The average Bonchev–Trinajstić information content (AvgIpc) is 2.39. The molecule has 1 aromatic heterocycles. The van der Waals surface area contributed by atoms with Gasteiger partial charge in [0.1, 0.15) is 12.1 Å². The number of aliphatic carboxylic acids is 1. The van der Waals surface area contributed by atoms with Gasteiger partial charge in [-0.05, 0) is 33.2 Å². The predicted octanol–water partition coefficient (Wildman–Crippen LogP) is 1.61. The Hall–Kier alpha value is -1.89. The Balaban J connectivity index is 1.83. The van der Waals surface area contributed by atoms with E-state index in [1.165, 1.54) is 6.33 Å². The third-order valence-electron chi connectivity index (χ3n) is 3.72. The van der Waals surface area contributed by atoms with Crippen molar-refractivity contribution in [1.29, 1.82) is 0 Å². The van der Waals surface area contributed by atoms with E-state index in [4.69, 9.17) is 9.84 Å². The van der Waals surface area contributed by atoms with Crippen molar-refractivity contribution in [3.05, 3.63) is 12.4 Å². The number of nitrogens with zero attached hydrogens (tertiary/aromatic N) is 3. The number of carbonyl (C=O) groups is 1. The Morgan fingerprint density at radius 3 is 2.82 bits per heavy atom. The first-order valence-corrected chi connectivity index (χ1v) is 7.69. The van der Waals surface area contributed by atoms with Crippen LogP contribution in [0.4, 0.5) is 5.82 Å². The predicted molar refractivity (Wildman–Crippen MR) is 83.1 cm³/mol. The highest BCUT2D eigenvalue weighted by molar-refractivity contribution is 5.69. The molecule has 1 aliphatic rings. The summed E-state index contributed by atoms with van der Waals surface area (Å²) in [5.41, 5.74) is 0. The maximum absolute atomic E-state index is 10.8. The zero-order chi connectivity index (χ0) is 16.1. The van der Waals surface area contributed by atoms with Crippen LogP contribution >= 0.6 is 0 Å². The molecule has 0 amide bonds. The number of aromatic nitrogens is 2. The van der Waals surface area contributed by atoms with Gasteiger partial charge >= 0.3 is 5.97 Å². The molecule has 1 fully saturated rings. The van der Waals surface area contributed by atoms with Gasteiger partial charge in [-0.2, -0.15) is 0 Å². The van der Waals surface area contributed by atoms with Crippen molar-refractivity contribution in [3.63, 3.8) is 0 Å². The van der Waals surface area contributed by atoms with Crippen LogP contribution in [0.3, 0.4) is 0 Å². The fraction of sp³-hybridized carbons (Fsp3) is 0.667. The zero-order valence-electron chi connectivity index (χ0n) is 13.3. The van der Waals surface area contributed by atoms with Crippen LogP contribution in [-0.4, -0.2) is 57.2 Å². The molecule has 0 bridgehead atoms. The minimum Gasteiger partial charge on any atom is -0.480 e. The van der Waals surface area contributed by atoms with Gasteiger partial charge in [-0.3, -0.25) is 9.69 Å². The molecule has 122 valence electrons. The molecule has 7 nitrogen and oxygen atoms in total. The Labute approximate surface area is 130 Å². The van der Waals surface area contributed by atoms with Gasteiger partial charge in [0.2, 0.25) is 5.88 Å². The number of hydrogen-bond donors (Lipinski definition) is 2. The number of anilines is 1. The number of carboxylic acids is 1. The summed E-state index contributed by atoms with van der Waals surface area (Å²) in [4.78, 5) is 21.1. The third-order valence-corrected chi connectivity index (χ3v) is 3.72. The molecular weight excluding hydrogens is 284 g/mol. The summed E-state index contributed by atoms with van der Waals surface area (Å²) in [5.74, 6) is 0.532. The third kappa shape index (κ3) is 4.56. The first kappa shape index (κ1) is 16.5. The average molecular weight is 308 g/mol. The normalized spacial score (nSPS) is 20.8. The minimum absolute atomic E-state index is 0.0740. The summed E-state index contributed by atoms with van der Waals surface area (Å²) < 4.78 is 5.54. The van der Waals surface area contributed by atoms with Gasteiger partial charge in [-0.15, -0.1) is 0 Å². The second-order valence-electron chi connectivity index (χ2n) is 5.83. The first-order valence-electron chi connectivity index (χ1n) is 7.69. The van der Waals surface area contributed by atoms with Gasteiger partial charge in [0.15, 0.2) is 0 Å². The molecule has 0 atom stereocenters. The molecule has 0 radical (unpaired) electrons. The maximum atomic E-state index is 10.8. The molecule has 22 heavy (non-hydrogen) atoms. The smallest absolute Gasteiger partial charge is 0.317 e. The van der Waals surface area contributed by atoms with Gasteiger partial charge in [-0.25, -0.2) is 9.97 Å². The highest BCUT2D eigenvalue weighted by Crippen LogP contribution is 2.28. The van der Waals surface area contributed by atoms with Gasteiger partial charge in [0.05, 0.1) is 12.6 Å². The Kier molecular flexibility index (Phi) is 5.54. The number of likely N-dealkylation sites (N-methyl/N-ethyl adjacent to an activating group) is 1. The summed E-state index contributed by atoms with van der Waals surface area (Å²) in [7, 11) is 0. The van der Waals surface area contributed by atoms with Gasteiger partial charge < -0.3 is 15.2 Å². The standard InChI is InChI=1S/C15H24N4O3/c1-4-19(8-15(20)21)12-5-11(6-12)18-13-7-14(17-9-16-13)22-10(2)3/h7,9-12H,4-6,8H2,1-3H3,(H,20,21)(H,16,17,18). The lowest BCUT2D eigenvalue weighted by atomic mass is 9.85. The van der Waals surface area contributed by atoms with Crippen molar-refractivity contribution in [1.82, 2.24) is 14.9 Å². The summed E-state index contributed by atoms with van der Waals surface area (Å²) in [6.07, 6.45) is 3.40. The van der Waals surface area contributed by atoms with E-state index < -0.39 is 5.97 Å². The highest BCUT2D eigenvalue weighted by Gasteiger charge is 2.33. The molecule has 0 aromatic carbocycles. The summed E-state index contributed by atoms with van der Waals surface area (Å²) in [6.45, 7) is 6.75. The van der Waals surface area contributed by atoms with Crippen molar-refractivity contribution < 1.29 is 14.6 Å². The lowest BCUT2D eigenvalue weighted by Gasteiger charge is -2.42. The second kappa shape index (κ2) is 7.40. The maximum Gasteiger partial charge on any atom is 0.317 e. The Bertz CT molecular complexity index is 503.